The van der Waals surface area contributed by atoms with Crippen molar-refractivity contribution < 1.29 is 18.0 Å². The van der Waals surface area contributed by atoms with Gasteiger partial charge < -0.3 is 15.1 Å². The van der Waals surface area contributed by atoms with Crippen molar-refractivity contribution in [3.05, 3.63) is 82.0 Å². The van der Waals surface area contributed by atoms with Crippen molar-refractivity contribution in [2.45, 2.75) is 25.1 Å². The molecule has 0 unspecified atom stereocenters. The van der Waals surface area contributed by atoms with E-state index in [0.717, 1.165) is 30.4 Å². The summed E-state index contributed by atoms with van der Waals surface area (Å²) in [5.74, 6) is -0.518. The number of nitrogens with zero attached hydrogens (tertiary/aromatic N) is 2. The highest BCUT2D eigenvalue weighted by atomic mass is 32.1. The summed E-state index contributed by atoms with van der Waals surface area (Å²) in [6.45, 7) is 2.55. The van der Waals surface area contributed by atoms with Crippen molar-refractivity contribution in [2.75, 3.05) is 36.0 Å². The number of hydrogen-bond acceptors (Lipinski definition) is 4. The second kappa shape index (κ2) is 9.33. The molecule has 0 aliphatic carbocycles. The van der Waals surface area contributed by atoms with E-state index in [0.29, 0.717) is 31.6 Å². The predicted molar refractivity (Wildman–Crippen MR) is 129 cm³/mol. The van der Waals surface area contributed by atoms with Gasteiger partial charge >= 0.3 is 6.18 Å². The quantitative estimate of drug-likeness (QED) is 0.553. The van der Waals surface area contributed by atoms with E-state index >= 15 is 0 Å². The molecule has 3 heterocycles. The van der Waals surface area contributed by atoms with Crippen LogP contribution < -0.4 is 15.1 Å². The van der Waals surface area contributed by atoms with E-state index in [1.165, 1.54) is 10.9 Å². The number of hydrogen-bond donors (Lipinski definition) is 1. The minimum atomic E-state index is -4.41. The van der Waals surface area contributed by atoms with Gasteiger partial charge in [0, 0.05) is 42.4 Å². The minimum absolute atomic E-state index is 0.0930. The molecule has 2 aliphatic rings. The molecule has 1 aromatic heterocycles. The Balaban J connectivity index is 1.41. The zero-order valence-electron chi connectivity index (χ0n) is 18.6. The second-order valence-corrected chi connectivity index (χ2v) is 9.85. The SMILES string of the molecule is O=C(NCCc1cccs1)[C@H]1Cc2cc(C(F)(F)F)ccc2N2CCN(c3ccccc3)C[C@@H]12. The fourth-order valence-corrected chi connectivity index (χ4v) is 5.78. The Kier molecular flexibility index (Phi) is 6.25. The Hall–Kier alpha value is -3.00. The number of thiophene rings is 1. The molecular weight excluding hydrogens is 459 g/mol. The number of carbonyl (C=O) groups is 1. The van der Waals surface area contributed by atoms with Crippen molar-refractivity contribution in [2.24, 2.45) is 5.92 Å². The van der Waals surface area contributed by atoms with E-state index in [-0.39, 0.29) is 11.9 Å². The van der Waals surface area contributed by atoms with Gasteiger partial charge in [-0.1, -0.05) is 24.3 Å². The van der Waals surface area contributed by atoms with Crippen LogP contribution in [0.25, 0.3) is 0 Å². The summed E-state index contributed by atoms with van der Waals surface area (Å²) in [6.07, 6.45) is -3.36. The molecule has 34 heavy (non-hydrogen) atoms. The molecule has 1 fully saturated rings. The van der Waals surface area contributed by atoms with Crippen LogP contribution in [0, 0.1) is 5.92 Å². The molecule has 2 atom stereocenters. The summed E-state index contributed by atoms with van der Waals surface area (Å²) in [4.78, 5) is 18.9. The zero-order chi connectivity index (χ0) is 23.7. The number of nitrogens with one attached hydrogen (secondary N) is 1. The van der Waals surface area contributed by atoms with Crippen LogP contribution in [0.1, 0.15) is 16.0 Å². The van der Waals surface area contributed by atoms with Gasteiger partial charge in [0.15, 0.2) is 0 Å². The van der Waals surface area contributed by atoms with Gasteiger partial charge in [-0.15, -0.1) is 11.3 Å². The summed E-state index contributed by atoms with van der Waals surface area (Å²) in [7, 11) is 0. The summed E-state index contributed by atoms with van der Waals surface area (Å²) in [5, 5.41) is 5.06. The third-order valence-electron chi connectivity index (χ3n) is 6.75. The Labute approximate surface area is 201 Å². The first-order chi connectivity index (χ1) is 16.4. The van der Waals surface area contributed by atoms with Crippen LogP contribution in [-0.4, -0.2) is 38.1 Å². The highest BCUT2D eigenvalue weighted by Crippen LogP contribution is 2.40. The molecule has 0 radical (unpaired) electrons. The average molecular weight is 486 g/mol. The standard InChI is InChI=1S/C26H26F3N3OS/c27-26(28,29)19-8-9-23-18(15-19)16-22(25(33)30-11-10-21-7-4-14-34-21)24-17-31(12-13-32(23)24)20-5-2-1-3-6-20/h1-9,14-15,22,24H,10-13,16-17H2,(H,30,33)/t22-,24-/m0/s1. The normalized spacial score (nSPS) is 20.0. The molecule has 1 N–H and O–H groups in total. The third-order valence-corrected chi connectivity index (χ3v) is 7.68. The monoisotopic (exact) mass is 485 g/mol. The topological polar surface area (TPSA) is 35.6 Å². The highest BCUT2D eigenvalue weighted by Gasteiger charge is 2.42. The maximum Gasteiger partial charge on any atom is 0.416 e. The van der Waals surface area contributed by atoms with Crippen molar-refractivity contribution in [3.8, 4) is 0 Å². The van der Waals surface area contributed by atoms with E-state index in [1.54, 1.807) is 17.4 Å². The van der Waals surface area contributed by atoms with Crippen molar-refractivity contribution in [1.29, 1.82) is 0 Å². The fraction of sp³-hybridized carbons (Fsp3) is 0.346. The minimum Gasteiger partial charge on any atom is -0.368 e. The number of alkyl halides is 3. The molecule has 1 amide bonds. The van der Waals surface area contributed by atoms with E-state index in [2.05, 4.69) is 27.2 Å². The first-order valence-electron chi connectivity index (χ1n) is 11.5. The van der Waals surface area contributed by atoms with Crippen LogP contribution in [0.2, 0.25) is 0 Å². The van der Waals surface area contributed by atoms with Crippen LogP contribution in [0.15, 0.2) is 66.0 Å². The van der Waals surface area contributed by atoms with Gasteiger partial charge in [-0.3, -0.25) is 4.79 Å². The van der Waals surface area contributed by atoms with Crippen LogP contribution in [0.3, 0.4) is 0 Å². The second-order valence-electron chi connectivity index (χ2n) is 8.81. The van der Waals surface area contributed by atoms with E-state index < -0.39 is 17.7 Å². The van der Waals surface area contributed by atoms with Crippen molar-refractivity contribution >= 4 is 28.6 Å². The molecule has 2 aromatic carbocycles. The summed E-state index contributed by atoms with van der Waals surface area (Å²) in [6, 6.07) is 17.9. The molecule has 8 heteroatoms. The third kappa shape index (κ3) is 4.64. The molecule has 1 saturated heterocycles. The van der Waals surface area contributed by atoms with Crippen molar-refractivity contribution in [3.63, 3.8) is 0 Å². The number of halogens is 3. The van der Waals surface area contributed by atoms with Crippen LogP contribution in [-0.2, 0) is 23.8 Å². The Morgan fingerprint density at radius 3 is 2.62 bits per heavy atom. The summed E-state index contributed by atoms with van der Waals surface area (Å²) < 4.78 is 40.2. The van der Waals surface area contributed by atoms with E-state index in [1.807, 2.05) is 35.7 Å². The van der Waals surface area contributed by atoms with E-state index in [4.69, 9.17) is 0 Å². The number of piperazine rings is 1. The van der Waals surface area contributed by atoms with Gasteiger partial charge in [0.1, 0.15) is 0 Å². The number of anilines is 2. The number of rotatable bonds is 5. The number of fused-ring (bicyclic) bond motifs is 3. The Morgan fingerprint density at radius 1 is 1.06 bits per heavy atom. The number of para-hydroxylation sites is 1. The van der Waals surface area contributed by atoms with Gasteiger partial charge in [0.05, 0.1) is 17.5 Å². The zero-order valence-corrected chi connectivity index (χ0v) is 19.4. The molecule has 5 rings (SSSR count). The van der Waals surface area contributed by atoms with Gasteiger partial charge in [-0.25, -0.2) is 0 Å². The Morgan fingerprint density at radius 2 is 1.88 bits per heavy atom. The predicted octanol–water partition coefficient (Wildman–Crippen LogP) is 4.99. The smallest absolute Gasteiger partial charge is 0.368 e. The molecule has 0 saturated carbocycles. The average Bonchev–Trinajstić information content (AvgIpc) is 3.36. The van der Waals surface area contributed by atoms with Crippen LogP contribution >= 0.6 is 11.3 Å². The van der Waals surface area contributed by atoms with Crippen LogP contribution in [0.4, 0.5) is 24.5 Å². The van der Waals surface area contributed by atoms with Gasteiger partial charge in [0.2, 0.25) is 5.91 Å². The van der Waals surface area contributed by atoms with Gasteiger partial charge in [-0.2, -0.15) is 13.2 Å². The van der Waals surface area contributed by atoms with Gasteiger partial charge in [0.25, 0.3) is 0 Å². The number of amides is 1. The fourth-order valence-electron chi connectivity index (χ4n) is 5.07. The molecular formula is C26H26F3N3OS. The van der Waals surface area contributed by atoms with Crippen molar-refractivity contribution in [1.82, 2.24) is 5.32 Å². The molecule has 2 aliphatic heterocycles. The lowest BCUT2D eigenvalue weighted by Crippen LogP contribution is -2.61. The largest absolute Gasteiger partial charge is 0.416 e. The highest BCUT2D eigenvalue weighted by molar-refractivity contribution is 7.09. The summed E-state index contributed by atoms with van der Waals surface area (Å²) in [5.41, 5.74) is 1.84. The maximum absolute atomic E-state index is 13.4. The van der Waals surface area contributed by atoms with Crippen LogP contribution in [0.5, 0.6) is 0 Å². The summed E-state index contributed by atoms with van der Waals surface area (Å²) >= 11 is 1.65. The lowest BCUT2D eigenvalue weighted by Gasteiger charge is -2.49. The number of benzene rings is 2. The van der Waals surface area contributed by atoms with E-state index in [9.17, 15) is 18.0 Å². The Bertz CT molecular complexity index is 1130. The molecule has 0 bridgehead atoms. The first-order valence-corrected chi connectivity index (χ1v) is 12.3. The lowest BCUT2D eigenvalue weighted by atomic mass is 9.82. The first kappa shape index (κ1) is 22.8. The lowest BCUT2D eigenvalue weighted by molar-refractivity contribution is -0.137. The number of carbonyl (C=O) groups excluding carboxylic acids is 1. The molecule has 4 nitrogen and oxygen atoms in total. The molecule has 3 aromatic rings. The molecule has 0 spiro atoms. The molecule has 178 valence electrons. The maximum atomic E-state index is 13.4. The van der Waals surface area contributed by atoms with Gasteiger partial charge in [-0.05, 0) is 60.2 Å².